The second-order valence-electron chi connectivity index (χ2n) is 4.59. The van der Waals surface area contributed by atoms with Gasteiger partial charge in [0.05, 0.1) is 12.2 Å². The van der Waals surface area contributed by atoms with Crippen LogP contribution in [0.4, 0.5) is 0 Å². The number of benzene rings is 1. The lowest BCUT2D eigenvalue weighted by molar-refractivity contribution is -0.149. The molecule has 0 aromatic heterocycles. The summed E-state index contributed by atoms with van der Waals surface area (Å²) in [6.07, 6.45) is 0. The number of ether oxygens (including phenoxy) is 1. The Morgan fingerprint density at radius 1 is 1.43 bits per heavy atom. The predicted octanol–water partition coefficient (Wildman–Crippen LogP) is 2.19. The van der Waals surface area contributed by atoms with E-state index in [0.717, 1.165) is 4.47 Å². The van der Waals surface area contributed by atoms with Crippen molar-refractivity contribution in [2.75, 3.05) is 26.2 Å². The van der Waals surface area contributed by atoms with Gasteiger partial charge in [-0.2, -0.15) is 0 Å². The van der Waals surface area contributed by atoms with Crippen LogP contribution in [0.15, 0.2) is 27.1 Å². The molecule has 1 aromatic carbocycles. The number of halogens is 2. The number of hydrogen-bond acceptors (Lipinski definition) is 4. The Balaban J connectivity index is 2.24. The molecule has 0 bridgehead atoms. The highest BCUT2D eigenvalue weighted by Gasteiger charge is 2.34. The first kappa shape index (κ1) is 16.5. The fraction of sp³-hybridized carbons (Fsp3) is 0.429. The van der Waals surface area contributed by atoms with E-state index in [1.165, 1.54) is 0 Å². The second-order valence-corrected chi connectivity index (χ2v) is 6.36. The van der Waals surface area contributed by atoms with Crippen molar-refractivity contribution in [1.29, 1.82) is 0 Å². The van der Waals surface area contributed by atoms with Crippen LogP contribution < -0.4 is 5.32 Å². The summed E-state index contributed by atoms with van der Waals surface area (Å²) < 4.78 is 6.63. The number of carbonyl (C=O) groups excluding carboxylic acids is 2. The molecule has 1 aromatic rings. The lowest BCUT2D eigenvalue weighted by Gasteiger charge is -2.34. The summed E-state index contributed by atoms with van der Waals surface area (Å²) in [4.78, 5) is 26.3. The van der Waals surface area contributed by atoms with Gasteiger partial charge in [-0.15, -0.1) is 0 Å². The molecular weight excluding hydrogens is 404 g/mol. The Bertz CT molecular complexity index is 551. The van der Waals surface area contributed by atoms with Gasteiger partial charge in [0, 0.05) is 28.6 Å². The molecule has 1 amide bonds. The Morgan fingerprint density at radius 2 is 2.19 bits per heavy atom. The maximum atomic E-state index is 12.7. The molecule has 1 heterocycles. The van der Waals surface area contributed by atoms with Gasteiger partial charge in [0.1, 0.15) is 6.04 Å². The highest BCUT2D eigenvalue weighted by molar-refractivity contribution is 9.11. The number of amides is 1. The smallest absolute Gasteiger partial charge is 0.330 e. The van der Waals surface area contributed by atoms with Gasteiger partial charge in [0.2, 0.25) is 0 Å². The summed E-state index contributed by atoms with van der Waals surface area (Å²) >= 11 is 6.75. The summed E-state index contributed by atoms with van der Waals surface area (Å²) in [5, 5.41) is 3.12. The first-order valence-electron chi connectivity index (χ1n) is 6.68. The van der Waals surface area contributed by atoms with Crippen molar-refractivity contribution in [1.82, 2.24) is 10.2 Å². The fourth-order valence-electron chi connectivity index (χ4n) is 2.21. The van der Waals surface area contributed by atoms with Crippen LogP contribution in [0.2, 0.25) is 0 Å². The summed E-state index contributed by atoms with van der Waals surface area (Å²) in [7, 11) is 0. The van der Waals surface area contributed by atoms with Crippen molar-refractivity contribution in [3.05, 3.63) is 32.7 Å². The molecular formula is C14H16Br2N2O3. The van der Waals surface area contributed by atoms with Crippen molar-refractivity contribution >= 4 is 43.7 Å². The molecule has 1 unspecified atom stereocenters. The van der Waals surface area contributed by atoms with Gasteiger partial charge in [0.15, 0.2) is 0 Å². The average Bonchev–Trinajstić information content (AvgIpc) is 2.47. The second kappa shape index (κ2) is 7.38. The molecule has 0 spiro atoms. The molecule has 1 atom stereocenters. The van der Waals surface area contributed by atoms with Crippen LogP contribution >= 0.6 is 31.9 Å². The van der Waals surface area contributed by atoms with Crippen LogP contribution in [-0.2, 0) is 9.53 Å². The van der Waals surface area contributed by atoms with Crippen LogP contribution in [0.1, 0.15) is 17.3 Å². The van der Waals surface area contributed by atoms with E-state index in [0.29, 0.717) is 36.3 Å². The molecule has 7 heteroatoms. The van der Waals surface area contributed by atoms with E-state index in [9.17, 15) is 9.59 Å². The highest BCUT2D eigenvalue weighted by Crippen LogP contribution is 2.24. The van der Waals surface area contributed by atoms with Crippen LogP contribution in [0, 0.1) is 0 Å². The Labute approximate surface area is 140 Å². The Hall–Kier alpha value is -0.920. The third kappa shape index (κ3) is 3.84. The molecule has 114 valence electrons. The number of carbonyl (C=O) groups is 2. The van der Waals surface area contributed by atoms with Crippen molar-refractivity contribution < 1.29 is 14.3 Å². The molecule has 1 saturated heterocycles. The minimum Gasteiger partial charge on any atom is -0.464 e. The average molecular weight is 420 g/mol. The molecule has 2 rings (SSSR count). The molecule has 5 nitrogen and oxygen atoms in total. The van der Waals surface area contributed by atoms with Gasteiger partial charge in [-0.3, -0.25) is 4.79 Å². The van der Waals surface area contributed by atoms with Crippen molar-refractivity contribution in [3.8, 4) is 0 Å². The summed E-state index contributed by atoms with van der Waals surface area (Å²) in [5.41, 5.74) is 0.536. The van der Waals surface area contributed by atoms with Gasteiger partial charge in [0.25, 0.3) is 5.91 Å². The zero-order valence-corrected chi connectivity index (χ0v) is 14.7. The van der Waals surface area contributed by atoms with Crippen molar-refractivity contribution in [2.24, 2.45) is 0 Å². The quantitative estimate of drug-likeness (QED) is 0.763. The van der Waals surface area contributed by atoms with Crippen LogP contribution in [0.3, 0.4) is 0 Å². The summed E-state index contributed by atoms with van der Waals surface area (Å²) in [5.74, 6) is -0.541. The number of nitrogens with zero attached hydrogens (tertiary/aromatic N) is 1. The molecule has 0 saturated carbocycles. The molecule has 1 aliphatic rings. The highest BCUT2D eigenvalue weighted by atomic mass is 79.9. The zero-order valence-electron chi connectivity index (χ0n) is 11.6. The normalized spacial score (nSPS) is 18.4. The Kier molecular flexibility index (Phi) is 5.78. The van der Waals surface area contributed by atoms with E-state index >= 15 is 0 Å². The zero-order chi connectivity index (χ0) is 15.4. The van der Waals surface area contributed by atoms with Crippen LogP contribution in [-0.4, -0.2) is 49.1 Å². The minimum absolute atomic E-state index is 0.172. The lowest BCUT2D eigenvalue weighted by atomic mass is 10.1. The maximum Gasteiger partial charge on any atom is 0.330 e. The number of hydrogen-bond donors (Lipinski definition) is 1. The molecule has 1 N–H and O–H groups in total. The van der Waals surface area contributed by atoms with Gasteiger partial charge in [-0.25, -0.2) is 4.79 Å². The predicted molar refractivity (Wildman–Crippen MR) is 86.2 cm³/mol. The van der Waals surface area contributed by atoms with Gasteiger partial charge < -0.3 is 15.0 Å². The number of esters is 1. The number of rotatable bonds is 3. The molecule has 1 fully saturated rings. The minimum atomic E-state index is -0.582. The molecule has 0 aliphatic carbocycles. The third-order valence-electron chi connectivity index (χ3n) is 3.22. The fourth-order valence-corrected chi connectivity index (χ4v) is 3.43. The maximum absolute atomic E-state index is 12.7. The van der Waals surface area contributed by atoms with Gasteiger partial charge in [-0.1, -0.05) is 15.9 Å². The van der Waals surface area contributed by atoms with Crippen molar-refractivity contribution in [2.45, 2.75) is 13.0 Å². The van der Waals surface area contributed by atoms with E-state index in [1.54, 1.807) is 24.0 Å². The summed E-state index contributed by atoms with van der Waals surface area (Å²) in [6, 6.07) is 4.77. The van der Waals surface area contributed by atoms with Crippen LogP contribution in [0.25, 0.3) is 0 Å². The monoisotopic (exact) mass is 418 g/mol. The largest absolute Gasteiger partial charge is 0.464 e. The first-order chi connectivity index (χ1) is 10.0. The van der Waals surface area contributed by atoms with E-state index in [2.05, 4.69) is 37.2 Å². The standard InChI is InChI=1S/C14H16Br2N2O3/c1-2-21-14(20)12-8-17-5-6-18(12)13(19)10-4-3-9(15)7-11(10)16/h3-4,7,12,17H,2,5-6,8H2,1H3. The van der Waals surface area contributed by atoms with Gasteiger partial charge >= 0.3 is 5.97 Å². The number of nitrogens with one attached hydrogen (secondary N) is 1. The van der Waals surface area contributed by atoms with E-state index in [1.807, 2.05) is 6.07 Å². The van der Waals surface area contributed by atoms with E-state index in [4.69, 9.17) is 4.74 Å². The van der Waals surface area contributed by atoms with E-state index < -0.39 is 6.04 Å². The number of piperazine rings is 1. The Morgan fingerprint density at radius 3 is 2.86 bits per heavy atom. The van der Waals surface area contributed by atoms with E-state index in [-0.39, 0.29) is 11.9 Å². The summed E-state index contributed by atoms with van der Waals surface area (Å²) in [6.45, 7) is 3.62. The SMILES string of the molecule is CCOC(=O)C1CNCCN1C(=O)c1ccc(Br)cc1Br. The third-order valence-corrected chi connectivity index (χ3v) is 4.37. The molecule has 21 heavy (non-hydrogen) atoms. The van der Waals surface area contributed by atoms with Crippen molar-refractivity contribution in [3.63, 3.8) is 0 Å². The van der Waals surface area contributed by atoms with Crippen LogP contribution in [0.5, 0.6) is 0 Å². The first-order valence-corrected chi connectivity index (χ1v) is 8.26. The topological polar surface area (TPSA) is 58.6 Å². The molecule has 1 aliphatic heterocycles. The molecule has 0 radical (unpaired) electrons. The lowest BCUT2D eigenvalue weighted by Crippen LogP contribution is -2.57. The van der Waals surface area contributed by atoms with Gasteiger partial charge in [-0.05, 0) is 41.1 Å².